The van der Waals surface area contributed by atoms with E-state index < -0.39 is 0 Å². The summed E-state index contributed by atoms with van der Waals surface area (Å²) in [6.45, 7) is 9.24. The molecule has 0 N–H and O–H groups in total. The first-order valence-electron chi connectivity index (χ1n) is 12.0. The van der Waals surface area contributed by atoms with E-state index in [0.29, 0.717) is 17.8 Å². The number of esters is 1. The Bertz CT molecular complexity index is 887. The lowest BCUT2D eigenvalue weighted by molar-refractivity contribution is -0.168. The van der Waals surface area contributed by atoms with Gasteiger partial charge in [0.25, 0.3) is 0 Å². The summed E-state index contributed by atoms with van der Waals surface area (Å²) in [7, 11) is 0. The Morgan fingerprint density at radius 1 is 1.13 bits per heavy atom. The number of epoxide rings is 1. The van der Waals surface area contributed by atoms with Gasteiger partial charge in [0, 0.05) is 55.3 Å². The molecule has 31 heavy (non-hydrogen) atoms. The Morgan fingerprint density at radius 3 is 2.71 bits per heavy atom. The number of rotatable bonds is 3. The van der Waals surface area contributed by atoms with Crippen LogP contribution in [0.5, 0.6) is 0 Å². The Labute approximate surface area is 190 Å². The molecule has 0 radical (unpaired) electrons. The lowest BCUT2D eigenvalue weighted by Gasteiger charge is -2.50. The molecule has 2 aliphatic carbocycles. The lowest BCUT2D eigenvalue weighted by Crippen LogP contribution is -2.58. The van der Waals surface area contributed by atoms with Crippen LogP contribution >= 0.6 is 11.6 Å². The van der Waals surface area contributed by atoms with Gasteiger partial charge in [-0.1, -0.05) is 24.6 Å². The molecule has 1 aromatic rings. The van der Waals surface area contributed by atoms with Crippen LogP contribution in [-0.4, -0.2) is 60.9 Å². The third-order valence-electron chi connectivity index (χ3n) is 9.09. The van der Waals surface area contributed by atoms with Gasteiger partial charge >= 0.3 is 5.97 Å². The SMILES string of the molecule is C[C@H]1CC[C@@H]2[C@@H](CN3CCN(c4cccc(Cl)c4)CC3)C(=O)O[C@@]23[C@H]1CC[C@]1(C)O[C@@H]31. The quantitative estimate of drug-likeness (QED) is 0.521. The molecular formula is C25H33ClN2O3. The maximum atomic E-state index is 13.2. The van der Waals surface area contributed by atoms with Gasteiger partial charge in [0.1, 0.15) is 11.7 Å². The first-order valence-corrected chi connectivity index (χ1v) is 12.4. The van der Waals surface area contributed by atoms with Crippen LogP contribution in [0.2, 0.25) is 5.02 Å². The molecule has 0 amide bonds. The highest BCUT2D eigenvalue weighted by molar-refractivity contribution is 6.30. The van der Waals surface area contributed by atoms with Crippen molar-refractivity contribution >= 4 is 23.3 Å². The summed E-state index contributed by atoms with van der Waals surface area (Å²) in [6, 6.07) is 8.09. The van der Waals surface area contributed by atoms with Crippen molar-refractivity contribution in [3.05, 3.63) is 29.3 Å². The van der Waals surface area contributed by atoms with Crippen molar-refractivity contribution in [2.75, 3.05) is 37.6 Å². The predicted octanol–water partition coefficient (Wildman–Crippen LogP) is 3.99. The number of fused-ring (bicyclic) bond motifs is 1. The minimum atomic E-state index is -0.366. The van der Waals surface area contributed by atoms with Gasteiger partial charge in [-0.2, -0.15) is 0 Å². The standard InChI is InChI=1S/C25H33ClN2O3/c1-16-6-7-21-19(22(29)30-25(21)20(16)8-9-24(2)23(25)31-24)15-27-10-12-28(13-11-27)18-5-3-4-17(26)14-18/h3-5,14,16,19-21,23H,6-13,15H2,1-2H3/t16-,19+,20-,21+,23+,24-,25-/m0/s1. The van der Waals surface area contributed by atoms with Crippen molar-refractivity contribution in [1.29, 1.82) is 0 Å². The molecule has 168 valence electrons. The number of hydrogen-bond acceptors (Lipinski definition) is 5. The molecule has 7 atom stereocenters. The predicted molar refractivity (Wildman–Crippen MR) is 120 cm³/mol. The number of anilines is 1. The van der Waals surface area contributed by atoms with Gasteiger partial charge < -0.3 is 14.4 Å². The number of piperazine rings is 1. The average Bonchev–Trinajstić information content (AvgIpc) is 3.38. The molecule has 3 saturated heterocycles. The van der Waals surface area contributed by atoms with Crippen LogP contribution in [0.15, 0.2) is 24.3 Å². The van der Waals surface area contributed by atoms with Gasteiger partial charge in [0.05, 0.1) is 11.5 Å². The van der Waals surface area contributed by atoms with E-state index in [1.165, 1.54) is 12.1 Å². The summed E-state index contributed by atoms with van der Waals surface area (Å²) in [5, 5.41) is 0.779. The fourth-order valence-electron chi connectivity index (χ4n) is 7.40. The highest BCUT2D eigenvalue weighted by Gasteiger charge is 2.77. The summed E-state index contributed by atoms with van der Waals surface area (Å²) in [5.41, 5.74) is 0.751. The summed E-state index contributed by atoms with van der Waals surface area (Å²) in [5.74, 6) is 1.39. The molecular weight excluding hydrogens is 412 g/mol. The fraction of sp³-hybridized carbons (Fsp3) is 0.720. The largest absolute Gasteiger partial charge is 0.455 e. The van der Waals surface area contributed by atoms with Gasteiger partial charge in [-0.25, -0.2) is 0 Å². The summed E-state index contributed by atoms with van der Waals surface area (Å²) in [6.07, 6.45) is 4.64. The number of halogens is 1. The van der Waals surface area contributed by atoms with E-state index in [2.05, 4.69) is 29.7 Å². The second-order valence-corrected chi connectivity index (χ2v) is 11.2. The highest BCUT2D eigenvalue weighted by atomic mass is 35.5. The van der Waals surface area contributed by atoms with Crippen LogP contribution in [0.3, 0.4) is 0 Å². The lowest BCUT2D eigenvalue weighted by atomic mass is 9.55. The van der Waals surface area contributed by atoms with Crippen molar-refractivity contribution in [3.63, 3.8) is 0 Å². The Morgan fingerprint density at radius 2 is 1.94 bits per heavy atom. The first kappa shape index (κ1) is 20.3. The molecule has 0 bridgehead atoms. The molecule has 0 aromatic heterocycles. The first-order chi connectivity index (χ1) is 14.9. The molecule has 5 fully saturated rings. The molecule has 1 spiro atoms. The maximum absolute atomic E-state index is 13.2. The molecule has 2 saturated carbocycles. The van der Waals surface area contributed by atoms with E-state index in [4.69, 9.17) is 21.1 Å². The fourth-order valence-corrected chi connectivity index (χ4v) is 7.59. The number of nitrogens with zero attached hydrogens (tertiary/aromatic N) is 2. The zero-order valence-electron chi connectivity index (χ0n) is 18.6. The van der Waals surface area contributed by atoms with Crippen LogP contribution in [0.4, 0.5) is 5.69 Å². The van der Waals surface area contributed by atoms with Gasteiger partial charge in [0.2, 0.25) is 0 Å². The second-order valence-electron chi connectivity index (χ2n) is 10.8. The summed E-state index contributed by atoms with van der Waals surface area (Å²) in [4.78, 5) is 18.1. The average molecular weight is 445 g/mol. The van der Waals surface area contributed by atoms with Crippen LogP contribution in [0.1, 0.15) is 39.5 Å². The van der Waals surface area contributed by atoms with Crippen LogP contribution in [0, 0.1) is 23.7 Å². The summed E-state index contributed by atoms with van der Waals surface area (Å²) >= 11 is 6.18. The molecule has 6 heteroatoms. The Balaban J connectivity index is 1.17. The van der Waals surface area contributed by atoms with E-state index in [1.54, 1.807) is 0 Å². The number of carbonyl (C=O) groups excluding carboxylic acids is 1. The molecule has 5 aliphatic rings. The van der Waals surface area contributed by atoms with Crippen LogP contribution < -0.4 is 4.90 Å². The molecule has 3 aliphatic heterocycles. The maximum Gasteiger partial charge on any atom is 0.311 e. The highest BCUT2D eigenvalue weighted by Crippen LogP contribution is 2.66. The minimum Gasteiger partial charge on any atom is -0.455 e. The number of carbonyl (C=O) groups is 1. The zero-order valence-corrected chi connectivity index (χ0v) is 19.3. The molecule has 1 aromatic carbocycles. The zero-order chi connectivity index (χ0) is 21.4. The number of benzene rings is 1. The van der Waals surface area contributed by atoms with Crippen LogP contribution in [-0.2, 0) is 14.3 Å². The van der Waals surface area contributed by atoms with E-state index in [0.717, 1.165) is 57.0 Å². The minimum absolute atomic E-state index is 0.0146. The van der Waals surface area contributed by atoms with Gasteiger partial charge in [0.15, 0.2) is 0 Å². The van der Waals surface area contributed by atoms with Crippen molar-refractivity contribution in [2.45, 2.75) is 56.8 Å². The van der Waals surface area contributed by atoms with Crippen molar-refractivity contribution in [3.8, 4) is 0 Å². The van der Waals surface area contributed by atoms with E-state index in [9.17, 15) is 4.79 Å². The van der Waals surface area contributed by atoms with E-state index >= 15 is 0 Å². The monoisotopic (exact) mass is 444 g/mol. The number of ether oxygens (including phenoxy) is 2. The van der Waals surface area contributed by atoms with Gasteiger partial charge in [-0.3, -0.25) is 9.69 Å². The van der Waals surface area contributed by atoms with Crippen molar-refractivity contribution in [2.24, 2.45) is 23.7 Å². The Hall–Kier alpha value is -1.30. The third-order valence-corrected chi connectivity index (χ3v) is 9.33. The summed E-state index contributed by atoms with van der Waals surface area (Å²) < 4.78 is 12.6. The third kappa shape index (κ3) is 3.07. The molecule has 6 rings (SSSR count). The van der Waals surface area contributed by atoms with Gasteiger partial charge in [-0.05, 0) is 56.7 Å². The van der Waals surface area contributed by atoms with E-state index in [1.807, 2.05) is 18.2 Å². The Kier molecular flexibility index (Phi) is 4.65. The number of hydrogen-bond donors (Lipinski definition) is 0. The smallest absolute Gasteiger partial charge is 0.311 e. The van der Waals surface area contributed by atoms with Gasteiger partial charge in [-0.15, -0.1) is 0 Å². The normalized spacial score (nSPS) is 44.3. The van der Waals surface area contributed by atoms with Crippen LogP contribution in [0.25, 0.3) is 0 Å². The topological polar surface area (TPSA) is 45.3 Å². The molecule has 0 unspecified atom stereocenters. The second kappa shape index (κ2) is 7.10. The molecule has 5 nitrogen and oxygen atoms in total. The van der Waals surface area contributed by atoms with Crippen molar-refractivity contribution < 1.29 is 14.3 Å². The van der Waals surface area contributed by atoms with E-state index in [-0.39, 0.29) is 29.2 Å². The molecule has 3 heterocycles. The van der Waals surface area contributed by atoms with Crippen molar-refractivity contribution in [1.82, 2.24) is 4.90 Å².